The molecule has 1 N–H and O–H groups in total. The van der Waals surface area contributed by atoms with Crippen LogP contribution in [0.2, 0.25) is 0 Å². The van der Waals surface area contributed by atoms with E-state index in [0.29, 0.717) is 11.9 Å². The molecule has 6 heteroatoms. The topological polar surface area (TPSA) is 47.0 Å². The van der Waals surface area contributed by atoms with Gasteiger partial charge in [0.1, 0.15) is 0 Å². The Labute approximate surface area is 119 Å². The van der Waals surface area contributed by atoms with Gasteiger partial charge in [0, 0.05) is 18.3 Å². The molecule has 1 aromatic heterocycles. The van der Waals surface area contributed by atoms with E-state index in [2.05, 4.69) is 15.3 Å². The third kappa shape index (κ3) is 5.00. The van der Waals surface area contributed by atoms with Crippen LogP contribution in [0.15, 0.2) is 17.4 Å². The highest BCUT2D eigenvalue weighted by Crippen LogP contribution is 2.14. The second-order valence-corrected chi connectivity index (χ2v) is 4.94. The van der Waals surface area contributed by atoms with Crippen LogP contribution in [0.4, 0.5) is 0 Å². The van der Waals surface area contributed by atoms with Gasteiger partial charge in [-0.25, -0.2) is 4.98 Å². The Morgan fingerprint density at radius 2 is 2.39 bits per heavy atom. The van der Waals surface area contributed by atoms with Crippen molar-refractivity contribution in [1.29, 1.82) is 0 Å². The summed E-state index contributed by atoms with van der Waals surface area (Å²) in [5, 5.41) is 4.27. The third-order valence-corrected chi connectivity index (χ3v) is 3.48. The number of aromatic nitrogens is 2. The van der Waals surface area contributed by atoms with E-state index in [0.717, 1.165) is 24.7 Å². The molecule has 1 saturated heterocycles. The summed E-state index contributed by atoms with van der Waals surface area (Å²) in [5.74, 6) is 0.681. The van der Waals surface area contributed by atoms with Crippen molar-refractivity contribution in [3.63, 3.8) is 0 Å². The van der Waals surface area contributed by atoms with Crippen molar-refractivity contribution in [2.45, 2.75) is 36.9 Å². The Hall–Kier alpha value is -0.520. The maximum absolute atomic E-state index is 5.65. The number of ether oxygens (including phenoxy) is 1. The smallest absolute Gasteiger partial charge is 0.217 e. The molecule has 4 nitrogen and oxygen atoms in total. The van der Waals surface area contributed by atoms with Crippen LogP contribution in [0.25, 0.3) is 0 Å². The van der Waals surface area contributed by atoms with Crippen LogP contribution in [0.3, 0.4) is 0 Å². The number of hydrogen-bond acceptors (Lipinski definition) is 5. The summed E-state index contributed by atoms with van der Waals surface area (Å²) in [6.45, 7) is 1.87. The third-order valence-electron chi connectivity index (χ3n) is 2.92. The van der Waals surface area contributed by atoms with Gasteiger partial charge in [0.25, 0.3) is 0 Å². The van der Waals surface area contributed by atoms with E-state index in [1.807, 2.05) is 12.3 Å². The zero-order chi connectivity index (χ0) is 11.9. The lowest BCUT2D eigenvalue weighted by Gasteiger charge is -2.23. The van der Waals surface area contributed by atoms with Crippen LogP contribution in [0, 0.1) is 0 Å². The first-order valence-electron chi connectivity index (χ1n) is 6.11. The highest BCUT2D eigenvalue weighted by Gasteiger charge is 2.12. The average Bonchev–Trinajstić information content (AvgIpc) is 2.40. The highest BCUT2D eigenvalue weighted by molar-refractivity contribution is 7.98. The molecule has 0 aromatic carbocycles. The van der Waals surface area contributed by atoms with Crippen LogP contribution in [-0.4, -0.2) is 35.4 Å². The first-order valence-corrected chi connectivity index (χ1v) is 7.34. The standard InChI is InChI=1S/C12H19N3OS.ClH/c1-17-12-14-8-5-11(15-12)16-9-6-10-4-2-3-7-13-10;/h5,8,10,13H,2-4,6-7,9H2,1H3;1H. The molecular formula is C12H20ClN3OS. The first kappa shape index (κ1) is 15.5. The van der Waals surface area contributed by atoms with Crippen LogP contribution in [-0.2, 0) is 0 Å². The van der Waals surface area contributed by atoms with Crippen molar-refractivity contribution in [1.82, 2.24) is 15.3 Å². The molecule has 0 spiro atoms. The van der Waals surface area contributed by atoms with Crippen molar-refractivity contribution in [2.24, 2.45) is 0 Å². The summed E-state index contributed by atoms with van der Waals surface area (Å²) in [6, 6.07) is 2.43. The van der Waals surface area contributed by atoms with Gasteiger partial charge in [0.15, 0.2) is 5.16 Å². The summed E-state index contributed by atoms with van der Waals surface area (Å²) in [4.78, 5) is 8.40. The first-order chi connectivity index (χ1) is 8.38. The largest absolute Gasteiger partial charge is 0.478 e. The molecule has 102 valence electrons. The summed E-state index contributed by atoms with van der Waals surface area (Å²) in [7, 11) is 0. The zero-order valence-electron chi connectivity index (χ0n) is 10.6. The summed E-state index contributed by atoms with van der Waals surface area (Å²) in [6.07, 6.45) is 8.67. The van der Waals surface area contributed by atoms with E-state index in [9.17, 15) is 0 Å². The van der Waals surface area contributed by atoms with Gasteiger partial charge in [-0.2, -0.15) is 4.98 Å². The molecule has 2 rings (SSSR count). The Morgan fingerprint density at radius 1 is 1.50 bits per heavy atom. The summed E-state index contributed by atoms with van der Waals surface area (Å²) >= 11 is 1.53. The van der Waals surface area contributed by atoms with Gasteiger partial charge in [-0.05, 0) is 32.1 Å². The van der Waals surface area contributed by atoms with Crippen molar-refractivity contribution in [3.05, 3.63) is 12.3 Å². The van der Waals surface area contributed by atoms with Crippen LogP contribution in [0.1, 0.15) is 25.7 Å². The van der Waals surface area contributed by atoms with Gasteiger partial charge >= 0.3 is 0 Å². The van der Waals surface area contributed by atoms with E-state index in [4.69, 9.17) is 4.74 Å². The maximum atomic E-state index is 5.65. The van der Waals surface area contributed by atoms with Gasteiger partial charge < -0.3 is 10.1 Å². The Morgan fingerprint density at radius 3 is 3.11 bits per heavy atom. The lowest BCUT2D eigenvalue weighted by molar-refractivity contribution is 0.258. The van der Waals surface area contributed by atoms with Crippen molar-refractivity contribution in [2.75, 3.05) is 19.4 Å². The lowest BCUT2D eigenvalue weighted by Crippen LogP contribution is -2.35. The van der Waals surface area contributed by atoms with E-state index in [-0.39, 0.29) is 12.4 Å². The van der Waals surface area contributed by atoms with E-state index in [1.54, 1.807) is 6.20 Å². The number of hydrogen-bond donors (Lipinski definition) is 1. The molecule has 1 fully saturated rings. The van der Waals surface area contributed by atoms with E-state index in [1.165, 1.54) is 31.0 Å². The predicted molar refractivity (Wildman–Crippen MR) is 76.8 cm³/mol. The Bertz CT molecular complexity index is 348. The molecule has 1 unspecified atom stereocenters. The quantitative estimate of drug-likeness (QED) is 0.667. The molecule has 2 heterocycles. The number of rotatable bonds is 5. The van der Waals surface area contributed by atoms with E-state index < -0.39 is 0 Å². The fourth-order valence-corrected chi connectivity index (χ4v) is 2.33. The molecule has 0 amide bonds. The highest BCUT2D eigenvalue weighted by atomic mass is 35.5. The molecule has 0 bridgehead atoms. The average molecular weight is 290 g/mol. The number of thioether (sulfide) groups is 1. The molecule has 0 aliphatic carbocycles. The molecule has 1 atom stereocenters. The summed E-state index contributed by atoms with van der Waals surface area (Å²) in [5.41, 5.74) is 0. The van der Waals surface area contributed by atoms with Gasteiger partial charge in [0.05, 0.1) is 6.61 Å². The predicted octanol–water partition coefficient (Wildman–Crippen LogP) is 2.53. The van der Waals surface area contributed by atoms with Gasteiger partial charge in [-0.3, -0.25) is 0 Å². The SMILES string of the molecule is CSc1nccc(OCCC2CCCCN2)n1.Cl. The second-order valence-electron chi connectivity index (χ2n) is 4.17. The number of piperidine rings is 1. The minimum atomic E-state index is 0. The minimum absolute atomic E-state index is 0. The molecule has 1 aromatic rings. The van der Waals surface area contributed by atoms with Gasteiger partial charge in [-0.15, -0.1) is 12.4 Å². The Balaban J connectivity index is 0.00000162. The number of halogens is 1. The normalized spacial score (nSPS) is 19.1. The Kier molecular flexibility index (Phi) is 7.39. The second kappa shape index (κ2) is 8.56. The molecule has 0 saturated carbocycles. The number of nitrogens with zero attached hydrogens (tertiary/aromatic N) is 2. The molecule has 1 aliphatic heterocycles. The fourth-order valence-electron chi connectivity index (χ4n) is 1.98. The minimum Gasteiger partial charge on any atom is -0.478 e. The monoisotopic (exact) mass is 289 g/mol. The molecule has 0 radical (unpaired) electrons. The molecule has 18 heavy (non-hydrogen) atoms. The van der Waals surface area contributed by atoms with Gasteiger partial charge in [-0.1, -0.05) is 18.2 Å². The molecular weight excluding hydrogens is 270 g/mol. The zero-order valence-corrected chi connectivity index (χ0v) is 12.2. The van der Waals surface area contributed by atoms with Crippen molar-refractivity contribution in [3.8, 4) is 5.88 Å². The van der Waals surface area contributed by atoms with Crippen molar-refractivity contribution < 1.29 is 4.74 Å². The van der Waals surface area contributed by atoms with Gasteiger partial charge in [0.2, 0.25) is 5.88 Å². The summed E-state index contributed by atoms with van der Waals surface area (Å²) < 4.78 is 5.65. The fraction of sp³-hybridized carbons (Fsp3) is 0.667. The van der Waals surface area contributed by atoms with Crippen molar-refractivity contribution >= 4 is 24.2 Å². The number of nitrogens with one attached hydrogen (secondary N) is 1. The van der Waals surface area contributed by atoms with Crippen LogP contribution in [0.5, 0.6) is 5.88 Å². The molecule has 1 aliphatic rings. The van der Waals surface area contributed by atoms with Crippen LogP contribution >= 0.6 is 24.2 Å². The lowest BCUT2D eigenvalue weighted by atomic mass is 10.0. The maximum Gasteiger partial charge on any atom is 0.217 e. The van der Waals surface area contributed by atoms with E-state index >= 15 is 0 Å². The van der Waals surface area contributed by atoms with Crippen LogP contribution < -0.4 is 10.1 Å².